The first-order chi connectivity index (χ1) is 8.26. The summed E-state index contributed by atoms with van der Waals surface area (Å²) in [6, 6.07) is 6.71. The number of hydrogen-bond acceptors (Lipinski definition) is 3. The first-order valence-electron chi connectivity index (χ1n) is 5.66. The molecular weight excluding hydrogens is 235 g/mol. The Hall–Kier alpha value is -1.26. The molecule has 2 aromatic rings. The van der Waals surface area contributed by atoms with Crippen LogP contribution in [-0.4, -0.2) is 11.5 Å². The van der Waals surface area contributed by atoms with E-state index in [2.05, 4.69) is 11.9 Å². The second-order valence-electron chi connectivity index (χ2n) is 3.90. The van der Waals surface area contributed by atoms with Gasteiger partial charge in [0.1, 0.15) is 10.8 Å². The van der Waals surface area contributed by atoms with E-state index in [-0.39, 0.29) is 11.7 Å². The predicted molar refractivity (Wildman–Crippen MR) is 69.6 cm³/mol. The lowest BCUT2D eigenvalue weighted by Gasteiger charge is -2.07. The van der Waals surface area contributed by atoms with Gasteiger partial charge in [-0.1, -0.05) is 19.1 Å². The maximum Gasteiger partial charge on any atom is 0.133 e. The number of nitrogens with two attached hydrogens (primary N) is 1. The summed E-state index contributed by atoms with van der Waals surface area (Å²) in [7, 11) is 0. The third-order valence-electron chi connectivity index (χ3n) is 2.82. The highest BCUT2D eigenvalue weighted by Gasteiger charge is 2.14. The molecule has 1 aromatic carbocycles. The van der Waals surface area contributed by atoms with E-state index >= 15 is 0 Å². The van der Waals surface area contributed by atoms with Crippen molar-refractivity contribution in [2.45, 2.75) is 19.3 Å². The Kier molecular flexibility index (Phi) is 3.86. The van der Waals surface area contributed by atoms with Gasteiger partial charge in [-0.05, 0) is 18.6 Å². The standard InChI is InChI=1S/C13H15FN2S/c1-2-9(7-15)12-8-17-13(16-12)10-5-3-4-6-11(10)14/h3-6,8-9H,2,7,15H2,1H3. The van der Waals surface area contributed by atoms with Crippen molar-refractivity contribution >= 4 is 11.3 Å². The highest BCUT2D eigenvalue weighted by Crippen LogP contribution is 2.29. The van der Waals surface area contributed by atoms with Crippen molar-refractivity contribution in [3.63, 3.8) is 0 Å². The van der Waals surface area contributed by atoms with Crippen LogP contribution in [0.3, 0.4) is 0 Å². The zero-order chi connectivity index (χ0) is 12.3. The van der Waals surface area contributed by atoms with Gasteiger partial charge in [0.05, 0.1) is 5.69 Å². The van der Waals surface area contributed by atoms with Crippen LogP contribution in [0.4, 0.5) is 4.39 Å². The van der Waals surface area contributed by atoms with E-state index in [1.165, 1.54) is 17.4 Å². The normalized spacial score (nSPS) is 12.6. The minimum absolute atomic E-state index is 0.228. The fourth-order valence-corrected chi connectivity index (χ4v) is 2.66. The summed E-state index contributed by atoms with van der Waals surface area (Å²) in [5.74, 6) is 0.0426. The number of halogens is 1. The van der Waals surface area contributed by atoms with Gasteiger partial charge in [0.2, 0.25) is 0 Å². The lowest BCUT2D eigenvalue weighted by molar-refractivity contribution is 0.630. The maximum atomic E-state index is 13.6. The molecular formula is C13H15FN2S. The van der Waals surface area contributed by atoms with Crippen molar-refractivity contribution in [3.05, 3.63) is 41.2 Å². The summed E-state index contributed by atoms with van der Waals surface area (Å²) in [5.41, 5.74) is 7.22. The molecule has 90 valence electrons. The van der Waals surface area contributed by atoms with Gasteiger partial charge in [-0.3, -0.25) is 0 Å². The van der Waals surface area contributed by atoms with Crippen molar-refractivity contribution < 1.29 is 4.39 Å². The molecule has 0 spiro atoms. The Bertz CT molecular complexity index is 492. The van der Waals surface area contributed by atoms with Gasteiger partial charge in [-0.15, -0.1) is 11.3 Å². The summed E-state index contributed by atoms with van der Waals surface area (Å²) < 4.78 is 13.6. The highest BCUT2D eigenvalue weighted by atomic mass is 32.1. The number of benzene rings is 1. The fourth-order valence-electron chi connectivity index (χ4n) is 1.73. The first kappa shape index (κ1) is 12.2. The average molecular weight is 250 g/mol. The molecule has 0 aliphatic heterocycles. The van der Waals surface area contributed by atoms with Crippen LogP contribution in [0.5, 0.6) is 0 Å². The Morgan fingerprint density at radius 3 is 2.82 bits per heavy atom. The zero-order valence-corrected chi connectivity index (χ0v) is 10.5. The molecule has 0 amide bonds. The van der Waals surface area contributed by atoms with Crippen molar-refractivity contribution in [1.29, 1.82) is 0 Å². The topological polar surface area (TPSA) is 38.9 Å². The lowest BCUT2D eigenvalue weighted by Crippen LogP contribution is -2.11. The smallest absolute Gasteiger partial charge is 0.133 e. The van der Waals surface area contributed by atoms with E-state index < -0.39 is 0 Å². The van der Waals surface area contributed by atoms with Gasteiger partial charge in [0.15, 0.2) is 0 Å². The van der Waals surface area contributed by atoms with Crippen molar-refractivity contribution in [3.8, 4) is 10.6 Å². The van der Waals surface area contributed by atoms with Crippen molar-refractivity contribution in [2.75, 3.05) is 6.54 Å². The van der Waals surface area contributed by atoms with Crippen LogP contribution in [0, 0.1) is 5.82 Å². The first-order valence-corrected chi connectivity index (χ1v) is 6.54. The van der Waals surface area contributed by atoms with Crippen LogP contribution in [-0.2, 0) is 0 Å². The third kappa shape index (κ3) is 2.53. The molecule has 0 saturated heterocycles. The lowest BCUT2D eigenvalue weighted by atomic mass is 10.0. The number of rotatable bonds is 4. The molecule has 2 nitrogen and oxygen atoms in total. The quantitative estimate of drug-likeness (QED) is 0.903. The molecule has 1 heterocycles. The molecule has 4 heteroatoms. The van der Waals surface area contributed by atoms with Crippen molar-refractivity contribution in [1.82, 2.24) is 4.98 Å². The van der Waals surface area contributed by atoms with Gasteiger partial charge in [-0.25, -0.2) is 9.37 Å². The molecule has 17 heavy (non-hydrogen) atoms. The summed E-state index contributed by atoms with van der Waals surface area (Å²) in [5, 5.41) is 2.70. The summed E-state index contributed by atoms with van der Waals surface area (Å²) in [6.45, 7) is 2.66. The summed E-state index contributed by atoms with van der Waals surface area (Å²) in [4.78, 5) is 4.48. The van der Waals surface area contributed by atoms with Crippen LogP contribution >= 0.6 is 11.3 Å². The van der Waals surface area contributed by atoms with E-state index in [0.717, 1.165) is 17.1 Å². The Labute approximate surface area is 104 Å². The minimum atomic E-state index is -0.228. The van der Waals surface area contributed by atoms with Gasteiger partial charge in [0, 0.05) is 23.4 Å². The summed E-state index contributed by atoms with van der Waals surface area (Å²) in [6.07, 6.45) is 0.955. The molecule has 1 unspecified atom stereocenters. The van der Waals surface area contributed by atoms with Crippen LogP contribution in [0.25, 0.3) is 10.6 Å². The summed E-state index contributed by atoms with van der Waals surface area (Å²) >= 11 is 1.47. The van der Waals surface area contributed by atoms with Gasteiger partial charge in [0.25, 0.3) is 0 Å². The predicted octanol–water partition coefficient (Wildman–Crippen LogP) is 3.40. The Morgan fingerprint density at radius 1 is 1.41 bits per heavy atom. The molecule has 0 radical (unpaired) electrons. The fraction of sp³-hybridized carbons (Fsp3) is 0.308. The zero-order valence-electron chi connectivity index (χ0n) is 9.69. The van der Waals surface area contributed by atoms with E-state index in [1.807, 2.05) is 11.4 Å². The number of aromatic nitrogens is 1. The van der Waals surface area contributed by atoms with Crippen LogP contribution in [0.1, 0.15) is 25.0 Å². The van der Waals surface area contributed by atoms with E-state index in [4.69, 9.17) is 5.73 Å². The third-order valence-corrected chi connectivity index (χ3v) is 3.72. The highest BCUT2D eigenvalue weighted by molar-refractivity contribution is 7.13. The Balaban J connectivity index is 2.33. The SMILES string of the molecule is CCC(CN)c1csc(-c2ccccc2F)n1. The molecule has 1 aromatic heterocycles. The van der Waals surface area contributed by atoms with Gasteiger partial charge >= 0.3 is 0 Å². The molecule has 2 rings (SSSR count). The molecule has 0 fully saturated rings. The van der Waals surface area contributed by atoms with Crippen LogP contribution in [0.15, 0.2) is 29.6 Å². The average Bonchev–Trinajstić information content (AvgIpc) is 2.81. The molecule has 0 aliphatic rings. The van der Waals surface area contributed by atoms with Gasteiger partial charge < -0.3 is 5.73 Å². The molecule has 2 N–H and O–H groups in total. The maximum absolute atomic E-state index is 13.6. The number of hydrogen-bond donors (Lipinski definition) is 1. The second kappa shape index (κ2) is 5.38. The number of nitrogens with zero attached hydrogens (tertiary/aromatic N) is 1. The van der Waals surface area contributed by atoms with Crippen LogP contribution < -0.4 is 5.73 Å². The minimum Gasteiger partial charge on any atom is -0.330 e. The van der Waals surface area contributed by atoms with Crippen molar-refractivity contribution in [2.24, 2.45) is 5.73 Å². The van der Waals surface area contributed by atoms with Gasteiger partial charge in [-0.2, -0.15) is 0 Å². The van der Waals surface area contributed by atoms with E-state index in [9.17, 15) is 4.39 Å². The molecule has 0 aliphatic carbocycles. The second-order valence-corrected chi connectivity index (χ2v) is 4.76. The van der Waals surface area contributed by atoms with E-state index in [0.29, 0.717) is 12.1 Å². The molecule has 1 atom stereocenters. The van der Waals surface area contributed by atoms with Crippen LogP contribution in [0.2, 0.25) is 0 Å². The van der Waals surface area contributed by atoms with E-state index in [1.54, 1.807) is 12.1 Å². The largest absolute Gasteiger partial charge is 0.330 e. The number of thiazole rings is 1. The Morgan fingerprint density at radius 2 is 2.18 bits per heavy atom. The monoisotopic (exact) mass is 250 g/mol. The molecule has 0 saturated carbocycles. The molecule has 0 bridgehead atoms.